The second kappa shape index (κ2) is 6.30. The van der Waals surface area contributed by atoms with Crippen molar-refractivity contribution in [1.29, 1.82) is 0 Å². The standard InChI is InChI=1S/C14H12Br2N2O/c1-9(10-2-5-12(15)6-3-10)18-14(19)11-4-7-13(16)17-8-11/h2-9H,1H3,(H,18,19). The number of aromatic nitrogens is 1. The number of carbonyl (C=O) groups excluding carboxylic acids is 1. The van der Waals surface area contributed by atoms with E-state index in [1.54, 1.807) is 18.3 Å². The first kappa shape index (κ1) is 14.2. The molecule has 5 heteroatoms. The maximum absolute atomic E-state index is 12.0. The highest BCUT2D eigenvalue weighted by atomic mass is 79.9. The van der Waals surface area contributed by atoms with Crippen LogP contribution in [0.3, 0.4) is 0 Å². The van der Waals surface area contributed by atoms with Crippen LogP contribution in [0, 0.1) is 0 Å². The van der Waals surface area contributed by atoms with E-state index >= 15 is 0 Å². The molecule has 0 saturated carbocycles. The number of nitrogens with one attached hydrogen (secondary N) is 1. The highest BCUT2D eigenvalue weighted by Gasteiger charge is 2.11. The highest BCUT2D eigenvalue weighted by molar-refractivity contribution is 9.10. The van der Waals surface area contributed by atoms with Crippen LogP contribution in [0.2, 0.25) is 0 Å². The molecule has 1 aromatic carbocycles. The van der Waals surface area contributed by atoms with Crippen molar-refractivity contribution >= 4 is 37.8 Å². The Labute approximate surface area is 128 Å². The lowest BCUT2D eigenvalue weighted by Gasteiger charge is -2.14. The summed E-state index contributed by atoms with van der Waals surface area (Å²) in [4.78, 5) is 16.1. The molecule has 0 fully saturated rings. The fourth-order valence-electron chi connectivity index (χ4n) is 1.62. The topological polar surface area (TPSA) is 42.0 Å². The zero-order valence-electron chi connectivity index (χ0n) is 10.2. The van der Waals surface area contributed by atoms with Crippen LogP contribution < -0.4 is 5.32 Å². The van der Waals surface area contributed by atoms with Crippen LogP contribution in [0.25, 0.3) is 0 Å². The average Bonchev–Trinajstić information content (AvgIpc) is 2.40. The molecule has 0 aliphatic carbocycles. The molecular weight excluding hydrogens is 372 g/mol. The summed E-state index contributed by atoms with van der Waals surface area (Å²) in [5, 5.41) is 2.94. The van der Waals surface area contributed by atoms with Gasteiger partial charge in [-0.15, -0.1) is 0 Å². The van der Waals surface area contributed by atoms with E-state index in [4.69, 9.17) is 0 Å². The van der Waals surface area contributed by atoms with Gasteiger partial charge in [0.2, 0.25) is 0 Å². The number of nitrogens with zero attached hydrogens (tertiary/aromatic N) is 1. The minimum atomic E-state index is -0.129. The molecule has 1 heterocycles. The predicted octanol–water partition coefficient (Wildman–Crippen LogP) is 4.10. The first-order chi connectivity index (χ1) is 9.06. The number of benzene rings is 1. The molecule has 0 spiro atoms. The summed E-state index contributed by atoms with van der Waals surface area (Å²) in [6, 6.07) is 11.3. The molecule has 1 atom stereocenters. The lowest BCUT2D eigenvalue weighted by molar-refractivity contribution is 0.0939. The zero-order valence-corrected chi connectivity index (χ0v) is 13.4. The van der Waals surface area contributed by atoms with Crippen LogP contribution in [0.5, 0.6) is 0 Å². The second-order valence-corrected chi connectivity index (χ2v) is 5.84. The van der Waals surface area contributed by atoms with Gasteiger partial charge in [0.1, 0.15) is 4.60 Å². The van der Waals surface area contributed by atoms with E-state index in [-0.39, 0.29) is 11.9 Å². The number of halogens is 2. The van der Waals surface area contributed by atoms with Crippen molar-refractivity contribution in [3.8, 4) is 0 Å². The van der Waals surface area contributed by atoms with Crippen LogP contribution in [0.15, 0.2) is 51.7 Å². The quantitative estimate of drug-likeness (QED) is 0.810. The van der Waals surface area contributed by atoms with Crippen molar-refractivity contribution in [2.24, 2.45) is 0 Å². The Morgan fingerprint density at radius 3 is 2.42 bits per heavy atom. The monoisotopic (exact) mass is 382 g/mol. The summed E-state index contributed by atoms with van der Waals surface area (Å²) < 4.78 is 1.73. The third kappa shape index (κ3) is 3.88. The molecule has 0 bridgehead atoms. The largest absolute Gasteiger partial charge is 0.345 e. The van der Waals surface area contributed by atoms with Crippen molar-refractivity contribution in [2.75, 3.05) is 0 Å². The fraction of sp³-hybridized carbons (Fsp3) is 0.143. The Hall–Kier alpha value is -1.20. The van der Waals surface area contributed by atoms with Crippen molar-refractivity contribution in [1.82, 2.24) is 10.3 Å². The van der Waals surface area contributed by atoms with Crippen LogP contribution in [-0.4, -0.2) is 10.9 Å². The lowest BCUT2D eigenvalue weighted by atomic mass is 10.1. The molecule has 2 rings (SSSR count). The van der Waals surface area contributed by atoms with Gasteiger partial charge in [0.25, 0.3) is 5.91 Å². The minimum absolute atomic E-state index is 0.0516. The van der Waals surface area contributed by atoms with E-state index in [1.165, 1.54) is 0 Å². The zero-order chi connectivity index (χ0) is 13.8. The van der Waals surface area contributed by atoms with Gasteiger partial charge in [-0.2, -0.15) is 0 Å². The van der Waals surface area contributed by atoms with E-state index in [0.29, 0.717) is 10.2 Å². The van der Waals surface area contributed by atoms with Crippen molar-refractivity contribution < 1.29 is 4.79 Å². The van der Waals surface area contributed by atoms with Gasteiger partial charge < -0.3 is 5.32 Å². The molecule has 1 aromatic heterocycles. The van der Waals surface area contributed by atoms with Gasteiger partial charge in [0.15, 0.2) is 0 Å². The van der Waals surface area contributed by atoms with E-state index in [0.717, 1.165) is 10.0 Å². The number of hydrogen-bond acceptors (Lipinski definition) is 2. The SMILES string of the molecule is CC(NC(=O)c1ccc(Br)nc1)c1ccc(Br)cc1. The molecule has 0 aliphatic heterocycles. The van der Waals surface area contributed by atoms with Crippen molar-refractivity contribution in [3.63, 3.8) is 0 Å². The van der Waals surface area contributed by atoms with E-state index in [9.17, 15) is 4.79 Å². The molecule has 0 saturated heterocycles. The van der Waals surface area contributed by atoms with E-state index in [2.05, 4.69) is 42.2 Å². The van der Waals surface area contributed by atoms with Gasteiger partial charge >= 0.3 is 0 Å². The number of carbonyl (C=O) groups is 1. The van der Waals surface area contributed by atoms with E-state index in [1.807, 2.05) is 31.2 Å². The normalized spacial score (nSPS) is 11.9. The summed E-state index contributed by atoms with van der Waals surface area (Å²) in [5.41, 5.74) is 1.61. The molecule has 2 aromatic rings. The minimum Gasteiger partial charge on any atom is -0.345 e. The molecule has 1 unspecified atom stereocenters. The summed E-state index contributed by atoms with van der Waals surface area (Å²) in [7, 11) is 0. The molecule has 19 heavy (non-hydrogen) atoms. The summed E-state index contributed by atoms with van der Waals surface area (Å²) >= 11 is 6.63. The number of rotatable bonds is 3. The highest BCUT2D eigenvalue weighted by Crippen LogP contribution is 2.17. The molecule has 0 radical (unpaired) electrons. The van der Waals surface area contributed by atoms with Gasteiger partial charge in [-0.05, 0) is 52.7 Å². The second-order valence-electron chi connectivity index (χ2n) is 4.12. The average molecular weight is 384 g/mol. The Morgan fingerprint density at radius 2 is 1.84 bits per heavy atom. The Balaban J connectivity index is 2.06. The fourth-order valence-corrected chi connectivity index (χ4v) is 2.12. The number of pyridine rings is 1. The third-order valence-electron chi connectivity index (χ3n) is 2.71. The summed E-state index contributed by atoms with van der Waals surface area (Å²) in [6.45, 7) is 1.95. The van der Waals surface area contributed by atoms with Gasteiger partial charge in [0, 0.05) is 10.7 Å². The third-order valence-corrected chi connectivity index (χ3v) is 3.70. The van der Waals surface area contributed by atoms with Crippen molar-refractivity contribution in [2.45, 2.75) is 13.0 Å². The van der Waals surface area contributed by atoms with Crippen LogP contribution in [-0.2, 0) is 0 Å². The van der Waals surface area contributed by atoms with Gasteiger partial charge in [-0.1, -0.05) is 28.1 Å². The number of amides is 1. The molecule has 1 N–H and O–H groups in total. The molecule has 98 valence electrons. The Bertz CT molecular complexity index is 567. The number of hydrogen-bond donors (Lipinski definition) is 1. The van der Waals surface area contributed by atoms with Crippen molar-refractivity contribution in [3.05, 3.63) is 62.8 Å². The lowest BCUT2D eigenvalue weighted by Crippen LogP contribution is -2.26. The Morgan fingerprint density at radius 1 is 1.16 bits per heavy atom. The van der Waals surface area contributed by atoms with Gasteiger partial charge in [-0.25, -0.2) is 4.98 Å². The summed E-state index contributed by atoms with van der Waals surface area (Å²) in [5.74, 6) is -0.129. The van der Waals surface area contributed by atoms with Crippen LogP contribution in [0.1, 0.15) is 28.9 Å². The molecule has 1 amide bonds. The van der Waals surface area contributed by atoms with Gasteiger partial charge in [-0.3, -0.25) is 4.79 Å². The molecule has 3 nitrogen and oxygen atoms in total. The first-order valence-electron chi connectivity index (χ1n) is 5.74. The van der Waals surface area contributed by atoms with Crippen LogP contribution in [0.4, 0.5) is 0 Å². The molecule has 0 aliphatic rings. The van der Waals surface area contributed by atoms with E-state index < -0.39 is 0 Å². The first-order valence-corrected chi connectivity index (χ1v) is 7.33. The maximum Gasteiger partial charge on any atom is 0.253 e. The van der Waals surface area contributed by atoms with Gasteiger partial charge in [0.05, 0.1) is 11.6 Å². The predicted molar refractivity (Wildman–Crippen MR) is 82.0 cm³/mol. The smallest absolute Gasteiger partial charge is 0.253 e. The Kier molecular flexibility index (Phi) is 4.71. The van der Waals surface area contributed by atoms with Crippen LogP contribution >= 0.6 is 31.9 Å². The summed E-state index contributed by atoms with van der Waals surface area (Å²) in [6.07, 6.45) is 1.55. The maximum atomic E-state index is 12.0. The molecular formula is C14H12Br2N2O.